The first-order valence-electron chi connectivity index (χ1n) is 9.85. The van der Waals surface area contributed by atoms with Gasteiger partial charge in [-0.1, -0.05) is 18.2 Å². The van der Waals surface area contributed by atoms with Gasteiger partial charge in [-0.2, -0.15) is 0 Å². The summed E-state index contributed by atoms with van der Waals surface area (Å²) in [6.07, 6.45) is -0.0173. The monoisotopic (exact) mass is 455 g/mol. The van der Waals surface area contributed by atoms with Gasteiger partial charge in [0.15, 0.2) is 11.5 Å². The summed E-state index contributed by atoms with van der Waals surface area (Å²) in [5.74, 6) is 0.429. The van der Waals surface area contributed by atoms with E-state index in [2.05, 4.69) is 15.4 Å². The number of anilines is 3. The van der Waals surface area contributed by atoms with Gasteiger partial charge >= 0.3 is 0 Å². The largest absolute Gasteiger partial charge is 0.493 e. The number of methoxy groups -OCH3 is 2. The fraction of sp³-hybridized carbons (Fsp3) is 0.174. The van der Waals surface area contributed by atoms with Crippen molar-refractivity contribution in [1.29, 1.82) is 0 Å². The second-order valence-corrected chi connectivity index (χ2v) is 8.55. The van der Waals surface area contributed by atoms with Crippen molar-refractivity contribution >= 4 is 33.0 Å². The van der Waals surface area contributed by atoms with E-state index in [0.717, 1.165) is 11.4 Å². The molecule has 0 heterocycles. The lowest BCUT2D eigenvalue weighted by Crippen LogP contribution is -2.27. The molecule has 168 valence electrons. The van der Waals surface area contributed by atoms with Gasteiger partial charge in [0.25, 0.3) is 0 Å². The SMILES string of the molecule is COc1ccc(S(=O)(=O)NCCC(=O)Nc2ccc(Nc3ccccc3)cc2)cc1OC. The second kappa shape index (κ2) is 10.7. The van der Waals surface area contributed by atoms with Crippen LogP contribution in [0.1, 0.15) is 6.42 Å². The zero-order valence-corrected chi connectivity index (χ0v) is 18.6. The fourth-order valence-electron chi connectivity index (χ4n) is 2.91. The summed E-state index contributed by atoms with van der Waals surface area (Å²) in [5.41, 5.74) is 2.47. The van der Waals surface area contributed by atoms with Crippen molar-refractivity contribution in [2.24, 2.45) is 0 Å². The Labute approximate surface area is 187 Å². The van der Waals surface area contributed by atoms with Gasteiger partial charge in [0.1, 0.15) is 0 Å². The number of carbonyl (C=O) groups excluding carboxylic acids is 1. The van der Waals surface area contributed by atoms with E-state index in [9.17, 15) is 13.2 Å². The van der Waals surface area contributed by atoms with Crippen LogP contribution in [-0.2, 0) is 14.8 Å². The normalized spacial score (nSPS) is 10.9. The van der Waals surface area contributed by atoms with Crippen LogP contribution >= 0.6 is 0 Å². The Kier molecular flexibility index (Phi) is 7.69. The van der Waals surface area contributed by atoms with Crippen LogP contribution in [-0.4, -0.2) is 35.1 Å². The zero-order chi connectivity index (χ0) is 23.0. The average molecular weight is 456 g/mol. The molecule has 0 aromatic heterocycles. The Morgan fingerprint density at radius 3 is 2.09 bits per heavy atom. The average Bonchev–Trinajstić information content (AvgIpc) is 2.80. The van der Waals surface area contributed by atoms with Crippen LogP contribution in [0.4, 0.5) is 17.1 Å². The molecule has 0 saturated carbocycles. The Morgan fingerprint density at radius 2 is 1.44 bits per heavy atom. The van der Waals surface area contributed by atoms with Gasteiger partial charge in [-0.15, -0.1) is 0 Å². The summed E-state index contributed by atoms with van der Waals surface area (Å²) in [7, 11) is -0.900. The van der Waals surface area contributed by atoms with E-state index in [1.165, 1.54) is 32.4 Å². The van der Waals surface area contributed by atoms with Crippen LogP contribution in [0.5, 0.6) is 11.5 Å². The van der Waals surface area contributed by atoms with Gasteiger partial charge in [-0.3, -0.25) is 4.79 Å². The lowest BCUT2D eigenvalue weighted by molar-refractivity contribution is -0.116. The van der Waals surface area contributed by atoms with Gasteiger partial charge in [0.2, 0.25) is 15.9 Å². The molecule has 0 aliphatic carbocycles. The Bertz CT molecular complexity index is 1150. The zero-order valence-electron chi connectivity index (χ0n) is 17.8. The number of hydrogen-bond acceptors (Lipinski definition) is 6. The smallest absolute Gasteiger partial charge is 0.240 e. The molecule has 0 saturated heterocycles. The lowest BCUT2D eigenvalue weighted by Gasteiger charge is -2.11. The number of para-hydroxylation sites is 1. The molecule has 1 amide bonds. The number of nitrogens with one attached hydrogen (secondary N) is 3. The number of amides is 1. The molecule has 3 aromatic rings. The molecular formula is C23H25N3O5S. The molecule has 32 heavy (non-hydrogen) atoms. The predicted molar refractivity (Wildman–Crippen MR) is 124 cm³/mol. The second-order valence-electron chi connectivity index (χ2n) is 6.78. The van der Waals surface area contributed by atoms with Crippen molar-refractivity contribution in [3.63, 3.8) is 0 Å². The summed E-state index contributed by atoms with van der Waals surface area (Å²) in [6, 6.07) is 21.3. The molecule has 0 aliphatic heterocycles. The minimum Gasteiger partial charge on any atom is -0.493 e. The molecule has 0 aliphatic rings. The standard InChI is InChI=1S/C23H25N3O5S/c1-30-21-13-12-20(16-22(21)31-2)32(28,29)24-15-14-23(27)26-19-10-8-18(9-11-19)25-17-6-4-3-5-7-17/h3-13,16,24-25H,14-15H2,1-2H3,(H,26,27). The van der Waals surface area contributed by atoms with Gasteiger partial charge in [-0.25, -0.2) is 13.1 Å². The number of carbonyl (C=O) groups is 1. The summed E-state index contributed by atoms with van der Waals surface area (Å²) in [6.45, 7) is -0.0455. The highest BCUT2D eigenvalue weighted by Crippen LogP contribution is 2.29. The number of benzene rings is 3. The third-order valence-corrected chi connectivity index (χ3v) is 6.00. The maximum atomic E-state index is 12.5. The third kappa shape index (κ3) is 6.22. The number of sulfonamides is 1. The van der Waals surface area contributed by atoms with E-state index in [4.69, 9.17) is 9.47 Å². The molecule has 9 heteroatoms. The van der Waals surface area contributed by atoms with Crippen LogP contribution in [0.3, 0.4) is 0 Å². The highest BCUT2D eigenvalue weighted by atomic mass is 32.2. The first kappa shape index (κ1) is 23.1. The number of rotatable bonds is 10. The Hall–Kier alpha value is -3.56. The summed E-state index contributed by atoms with van der Waals surface area (Å²) < 4.78 is 37.6. The molecule has 8 nitrogen and oxygen atoms in total. The topological polar surface area (TPSA) is 106 Å². The molecule has 0 atom stereocenters. The van der Waals surface area contributed by atoms with Crippen molar-refractivity contribution in [3.05, 3.63) is 72.8 Å². The van der Waals surface area contributed by atoms with Crippen LogP contribution < -0.4 is 24.8 Å². The predicted octanol–water partition coefficient (Wildman–Crippen LogP) is 3.75. The fourth-order valence-corrected chi connectivity index (χ4v) is 3.96. The Morgan fingerprint density at radius 1 is 0.812 bits per heavy atom. The van der Waals surface area contributed by atoms with E-state index in [0.29, 0.717) is 17.2 Å². The molecule has 0 fully saturated rings. The van der Waals surface area contributed by atoms with E-state index in [-0.39, 0.29) is 23.8 Å². The van der Waals surface area contributed by atoms with Gasteiger partial charge in [0.05, 0.1) is 19.1 Å². The Balaban J connectivity index is 1.50. The van der Waals surface area contributed by atoms with E-state index < -0.39 is 10.0 Å². The minimum absolute atomic E-state index is 0.0173. The van der Waals surface area contributed by atoms with Crippen LogP contribution in [0.15, 0.2) is 77.7 Å². The van der Waals surface area contributed by atoms with E-state index in [1.54, 1.807) is 12.1 Å². The first-order valence-corrected chi connectivity index (χ1v) is 11.3. The number of ether oxygens (including phenoxy) is 2. The highest BCUT2D eigenvalue weighted by molar-refractivity contribution is 7.89. The molecular weight excluding hydrogens is 430 g/mol. The van der Waals surface area contributed by atoms with Gasteiger partial charge < -0.3 is 20.1 Å². The molecule has 3 N–H and O–H groups in total. The molecule has 3 aromatic carbocycles. The highest BCUT2D eigenvalue weighted by Gasteiger charge is 2.17. The quantitative estimate of drug-likeness (QED) is 0.430. The van der Waals surface area contributed by atoms with Crippen molar-refractivity contribution in [1.82, 2.24) is 4.72 Å². The summed E-state index contributed by atoms with van der Waals surface area (Å²) >= 11 is 0. The molecule has 0 bridgehead atoms. The van der Waals surface area contributed by atoms with Gasteiger partial charge in [-0.05, 0) is 48.5 Å². The van der Waals surface area contributed by atoms with Crippen LogP contribution in [0.25, 0.3) is 0 Å². The maximum Gasteiger partial charge on any atom is 0.240 e. The van der Waals surface area contributed by atoms with E-state index in [1.807, 2.05) is 42.5 Å². The summed E-state index contributed by atoms with van der Waals surface area (Å²) in [5, 5.41) is 6.01. The lowest BCUT2D eigenvalue weighted by atomic mass is 10.2. The van der Waals surface area contributed by atoms with E-state index >= 15 is 0 Å². The van der Waals surface area contributed by atoms with Crippen molar-refractivity contribution < 1.29 is 22.7 Å². The third-order valence-electron chi connectivity index (χ3n) is 4.54. The first-order chi connectivity index (χ1) is 15.4. The van der Waals surface area contributed by atoms with Crippen LogP contribution in [0.2, 0.25) is 0 Å². The molecule has 3 rings (SSSR count). The van der Waals surface area contributed by atoms with Crippen LogP contribution in [0, 0.1) is 0 Å². The van der Waals surface area contributed by atoms with Gasteiger partial charge in [0, 0.05) is 36.1 Å². The minimum atomic E-state index is -3.80. The summed E-state index contributed by atoms with van der Waals surface area (Å²) in [4.78, 5) is 12.2. The van der Waals surface area contributed by atoms with Crippen molar-refractivity contribution in [2.75, 3.05) is 31.4 Å². The maximum absolute atomic E-state index is 12.5. The molecule has 0 unspecified atom stereocenters. The molecule has 0 radical (unpaired) electrons. The van der Waals surface area contributed by atoms with Crippen molar-refractivity contribution in [2.45, 2.75) is 11.3 Å². The number of hydrogen-bond donors (Lipinski definition) is 3. The molecule has 0 spiro atoms. The van der Waals surface area contributed by atoms with Crippen molar-refractivity contribution in [3.8, 4) is 11.5 Å².